The largest absolute Gasteiger partial charge is 0.497 e. The van der Waals surface area contributed by atoms with Crippen molar-refractivity contribution in [2.45, 2.75) is 5.38 Å². The summed E-state index contributed by atoms with van der Waals surface area (Å²) >= 11 is 18.8. The quantitative estimate of drug-likeness (QED) is 0.696. The molecule has 1 nitrogen and oxygen atoms in total. The molecule has 0 fully saturated rings. The van der Waals surface area contributed by atoms with Crippen LogP contribution in [0.15, 0.2) is 42.5 Å². The number of hydrogen-bond acceptors (Lipinski definition) is 1. The van der Waals surface area contributed by atoms with Gasteiger partial charge in [-0.25, -0.2) is 0 Å². The molecule has 0 aromatic heterocycles. The van der Waals surface area contributed by atoms with Gasteiger partial charge in [0.25, 0.3) is 0 Å². The topological polar surface area (TPSA) is 9.23 Å². The molecule has 0 bridgehead atoms. The van der Waals surface area contributed by atoms with Crippen molar-refractivity contribution in [1.82, 2.24) is 0 Å². The van der Waals surface area contributed by atoms with Crippen molar-refractivity contribution in [3.63, 3.8) is 0 Å². The highest BCUT2D eigenvalue weighted by Crippen LogP contribution is 2.38. The van der Waals surface area contributed by atoms with E-state index in [1.807, 2.05) is 36.4 Å². The smallest absolute Gasteiger partial charge is 0.120 e. The van der Waals surface area contributed by atoms with E-state index in [9.17, 15) is 0 Å². The van der Waals surface area contributed by atoms with Gasteiger partial charge in [-0.3, -0.25) is 0 Å². The van der Waals surface area contributed by atoms with Gasteiger partial charge in [0.05, 0.1) is 12.5 Å². The molecule has 4 heteroatoms. The Labute approximate surface area is 121 Å². The van der Waals surface area contributed by atoms with Gasteiger partial charge >= 0.3 is 0 Å². The van der Waals surface area contributed by atoms with Crippen LogP contribution in [0.5, 0.6) is 5.75 Å². The molecule has 2 aromatic rings. The Bertz CT molecular complexity index is 554. The number of hydrogen-bond donors (Lipinski definition) is 0. The Morgan fingerprint density at radius 2 is 1.61 bits per heavy atom. The molecule has 18 heavy (non-hydrogen) atoms. The molecule has 0 heterocycles. The Kier molecular flexibility index (Phi) is 4.39. The SMILES string of the molecule is COc1ccc(C(Cl)c2ccccc2Cl)c(Cl)c1. The van der Waals surface area contributed by atoms with Crippen molar-refractivity contribution in [2.24, 2.45) is 0 Å². The van der Waals surface area contributed by atoms with Crippen molar-refractivity contribution in [3.05, 3.63) is 63.6 Å². The molecule has 0 aliphatic rings. The van der Waals surface area contributed by atoms with E-state index in [-0.39, 0.29) is 5.38 Å². The van der Waals surface area contributed by atoms with E-state index in [2.05, 4.69) is 0 Å². The lowest BCUT2D eigenvalue weighted by molar-refractivity contribution is 0.414. The first-order valence-corrected chi connectivity index (χ1v) is 6.54. The summed E-state index contributed by atoms with van der Waals surface area (Å²) in [6, 6.07) is 12.9. The predicted molar refractivity (Wildman–Crippen MR) is 77.2 cm³/mol. The standard InChI is InChI=1S/C14H11Cl3O/c1-18-9-6-7-11(13(16)8-9)14(17)10-4-2-3-5-12(10)15/h2-8,14H,1H3. The second-order valence-corrected chi connectivity index (χ2v) is 5.02. The molecule has 1 unspecified atom stereocenters. The summed E-state index contributed by atoms with van der Waals surface area (Å²) in [6.07, 6.45) is 0. The molecule has 1 atom stereocenters. The van der Waals surface area contributed by atoms with Crippen LogP contribution in [0.2, 0.25) is 10.0 Å². The number of rotatable bonds is 3. The summed E-state index contributed by atoms with van der Waals surface area (Å²) < 4.78 is 5.11. The number of halogens is 3. The first kappa shape index (κ1) is 13.5. The fourth-order valence-electron chi connectivity index (χ4n) is 1.69. The Morgan fingerprint density at radius 1 is 0.944 bits per heavy atom. The minimum atomic E-state index is -0.378. The lowest BCUT2D eigenvalue weighted by atomic mass is 10.0. The number of methoxy groups -OCH3 is 1. The molecule has 0 N–H and O–H groups in total. The molecule has 0 aliphatic heterocycles. The Balaban J connectivity index is 2.40. The van der Waals surface area contributed by atoms with Crippen LogP contribution in [-0.4, -0.2) is 7.11 Å². The Morgan fingerprint density at radius 3 is 2.22 bits per heavy atom. The van der Waals surface area contributed by atoms with Gasteiger partial charge in [-0.2, -0.15) is 0 Å². The van der Waals surface area contributed by atoms with Crippen LogP contribution in [-0.2, 0) is 0 Å². The molecular formula is C14H11Cl3O. The maximum Gasteiger partial charge on any atom is 0.120 e. The first-order chi connectivity index (χ1) is 8.63. The first-order valence-electron chi connectivity index (χ1n) is 5.35. The van der Waals surface area contributed by atoms with Crippen LogP contribution >= 0.6 is 34.8 Å². The maximum absolute atomic E-state index is 6.43. The van der Waals surface area contributed by atoms with Crippen molar-refractivity contribution >= 4 is 34.8 Å². The van der Waals surface area contributed by atoms with Crippen molar-refractivity contribution in [1.29, 1.82) is 0 Å². The van der Waals surface area contributed by atoms with Crippen LogP contribution in [0, 0.1) is 0 Å². The third kappa shape index (κ3) is 2.74. The van der Waals surface area contributed by atoms with Gasteiger partial charge in [0.1, 0.15) is 5.75 Å². The van der Waals surface area contributed by atoms with E-state index in [1.54, 1.807) is 13.2 Å². The summed E-state index contributed by atoms with van der Waals surface area (Å²) in [4.78, 5) is 0. The maximum atomic E-state index is 6.43. The van der Waals surface area contributed by atoms with Crippen LogP contribution in [0.1, 0.15) is 16.5 Å². The van der Waals surface area contributed by atoms with Crippen LogP contribution in [0.3, 0.4) is 0 Å². The number of ether oxygens (including phenoxy) is 1. The molecule has 2 aromatic carbocycles. The lowest BCUT2D eigenvalue weighted by Crippen LogP contribution is -1.96. The van der Waals surface area contributed by atoms with Gasteiger partial charge in [0.15, 0.2) is 0 Å². The number of alkyl halides is 1. The van der Waals surface area contributed by atoms with E-state index in [1.165, 1.54) is 0 Å². The van der Waals surface area contributed by atoms with E-state index in [0.717, 1.165) is 11.1 Å². The van der Waals surface area contributed by atoms with Crippen molar-refractivity contribution in [2.75, 3.05) is 7.11 Å². The molecule has 0 saturated heterocycles. The van der Waals surface area contributed by atoms with Crippen molar-refractivity contribution < 1.29 is 4.74 Å². The van der Waals surface area contributed by atoms with E-state index in [4.69, 9.17) is 39.5 Å². The van der Waals surface area contributed by atoms with Crippen LogP contribution in [0.25, 0.3) is 0 Å². The average Bonchev–Trinajstić information content (AvgIpc) is 2.38. The molecule has 0 spiro atoms. The molecular weight excluding hydrogens is 291 g/mol. The molecule has 0 saturated carbocycles. The summed E-state index contributed by atoms with van der Waals surface area (Å²) in [5, 5.41) is 0.816. The summed E-state index contributed by atoms with van der Waals surface area (Å²) in [5.74, 6) is 0.701. The highest BCUT2D eigenvalue weighted by molar-refractivity contribution is 6.35. The van der Waals surface area contributed by atoms with E-state index >= 15 is 0 Å². The zero-order valence-electron chi connectivity index (χ0n) is 9.66. The monoisotopic (exact) mass is 300 g/mol. The average molecular weight is 302 g/mol. The normalized spacial score (nSPS) is 12.2. The molecule has 0 amide bonds. The second kappa shape index (κ2) is 5.83. The fraction of sp³-hybridized carbons (Fsp3) is 0.143. The highest BCUT2D eigenvalue weighted by atomic mass is 35.5. The molecule has 2 rings (SSSR count). The minimum Gasteiger partial charge on any atom is -0.497 e. The molecule has 0 radical (unpaired) electrons. The van der Waals surface area contributed by atoms with Gasteiger partial charge in [0, 0.05) is 10.0 Å². The highest BCUT2D eigenvalue weighted by Gasteiger charge is 2.17. The van der Waals surface area contributed by atoms with E-state index < -0.39 is 0 Å². The zero-order chi connectivity index (χ0) is 13.1. The van der Waals surface area contributed by atoms with Gasteiger partial charge in [-0.05, 0) is 29.3 Å². The summed E-state index contributed by atoms with van der Waals surface area (Å²) in [5.41, 5.74) is 1.65. The third-order valence-electron chi connectivity index (χ3n) is 2.66. The fourth-order valence-corrected chi connectivity index (χ4v) is 2.71. The van der Waals surface area contributed by atoms with E-state index in [0.29, 0.717) is 15.8 Å². The van der Waals surface area contributed by atoms with Crippen LogP contribution < -0.4 is 4.74 Å². The minimum absolute atomic E-state index is 0.378. The molecule has 94 valence electrons. The third-order valence-corrected chi connectivity index (χ3v) is 3.80. The van der Waals surface area contributed by atoms with Crippen molar-refractivity contribution in [3.8, 4) is 5.75 Å². The summed E-state index contributed by atoms with van der Waals surface area (Å²) in [7, 11) is 1.59. The van der Waals surface area contributed by atoms with Gasteiger partial charge < -0.3 is 4.74 Å². The van der Waals surface area contributed by atoms with Gasteiger partial charge in [-0.1, -0.05) is 47.5 Å². The Hall–Kier alpha value is -0.890. The molecule has 0 aliphatic carbocycles. The zero-order valence-corrected chi connectivity index (χ0v) is 11.9. The predicted octanol–water partition coefficient (Wildman–Crippen LogP) is 5.33. The van der Waals surface area contributed by atoms with Crippen LogP contribution in [0.4, 0.5) is 0 Å². The number of benzene rings is 2. The second-order valence-electron chi connectivity index (χ2n) is 3.77. The lowest BCUT2D eigenvalue weighted by Gasteiger charge is -2.14. The summed E-state index contributed by atoms with van der Waals surface area (Å²) in [6.45, 7) is 0. The van der Waals surface area contributed by atoms with Gasteiger partial charge in [-0.15, -0.1) is 11.6 Å². The van der Waals surface area contributed by atoms with Gasteiger partial charge in [0.2, 0.25) is 0 Å².